The normalized spacial score (nSPS) is 12.6. The zero-order chi connectivity index (χ0) is 11.4. The predicted molar refractivity (Wildman–Crippen MR) is 59.7 cm³/mol. The van der Waals surface area contributed by atoms with Crippen molar-refractivity contribution in [2.24, 2.45) is 5.73 Å². The summed E-state index contributed by atoms with van der Waals surface area (Å²) < 4.78 is 18.5. The highest BCUT2D eigenvalue weighted by Gasteiger charge is 2.11. The van der Waals surface area contributed by atoms with E-state index in [9.17, 15) is 4.39 Å². The molecule has 1 aromatic carbocycles. The Morgan fingerprint density at radius 2 is 2.13 bits per heavy atom. The number of nitrogens with two attached hydrogens (primary N) is 1. The van der Waals surface area contributed by atoms with E-state index < -0.39 is 0 Å². The Labute approximate surface area is 90.2 Å². The molecule has 0 aromatic heterocycles. The monoisotopic (exact) mass is 211 g/mol. The minimum Gasteiger partial charge on any atom is -0.496 e. The molecule has 2 nitrogen and oxygen atoms in total. The SMILES string of the molecule is CCC(N)Cc1cc(F)cc(C)c1OC. The maximum atomic E-state index is 13.2. The van der Waals surface area contributed by atoms with Crippen molar-refractivity contribution in [2.45, 2.75) is 32.7 Å². The van der Waals surface area contributed by atoms with E-state index in [1.807, 2.05) is 13.8 Å². The number of rotatable bonds is 4. The first-order valence-electron chi connectivity index (χ1n) is 5.17. The number of aryl methyl sites for hydroxylation is 1. The summed E-state index contributed by atoms with van der Waals surface area (Å²) in [6, 6.07) is 3.03. The molecule has 0 bridgehead atoms. The van der Waals surface area contributed by atoms with Gasteiger partial charge < -0.3 is 10.5 Å². The third-order valence-corrected chi connectivity index (χ3v) is 2.53. The van der Waals surface area contributed by atoms with Gasteiger partial charge in [0, 0.05) is 6.04 Å². The van der Waals surface area contributed by atoms with Crippen LogP contribution < -0.4 is 10.5 Å². The van der Waals surface area contributed by atoms with Crippen LogP contribution in [-0.2, 0) is 6.42 Å². The largest absolute Gasteiger partial charge is 0.496 e. The molecule has 0 radical (unpaired) electrons. The summed E-state index contributed by atoms with van der Waals surface area (Å²) in [4.78, 5) is 0. The summed E-state index contributed by atoms with van der Waals surface area (Å²) >= 11 is 0. The van der Waals surface area contributed by atoms with Crippen LogP contribution in [0.2, 0.25) is 0 Å². The van der Waals surface area contributed by atoms with Gasteiger partial charge in [0.2, 0.25) is 0 Å². The van der Waals surface area contributed by atoms with Gasteiger partial charge in [-0.2, -0.15) is 0 Å². The standard InChI is InChI=1S/C12H18FNO/c1-4-11(14)7-9-6-10(13)5-8(2)12(9)15-3/h5-6,11H,4,7,14H2,1-3H3. The van der Waals surface area contributed by atoms with Gasteiger partial charge in [-0.3, -0.25) is 0 Å². The van der Waals surface area contributed by atoms with Crippen LogP contribution in [0.25, 0.3) is 0 Å². The maximum Gasteiger partial charge on any atom is 0.125 e. The highest BCUT2D eigenvalue weighted by molar-refractivity contribution is 5.41. The van der Waals surface area contributed by atoms with Gasteiger partial charge in [0.15, 0.2) is 0 Å². The summed E-state index contributed by atoms with van der Waals surface area (Å²) in [6.07, 6.45) is 1.52. The molecule has 0 saturated heterocycles. The minimum atomic E-state index is -0.230. The second kappa shape index (κ2) is 5.12. The van der Waals surface area contributed by atoms with Gasteiger partial charge in [-0.25, -0.2) is 4.39 Å². The lowest BCUT2D eigenvalue weighted by molar-refractivity contribution is 0.403. The molecule has 0 saturated carbocycles. The van der Waals surface area contributed by atoms with E-state index in [1.54, 1.807) is 7.11 Å². The molecule has 84 valence electrons. The van der Waals surface area contributed by atoms with Crippen LogP contribution in [0.5, 0.6) is 5.75 Å². The van der Waals surface area contributed by atoms with E-state index in [0.717, 1.165) is 23.3 Å². The topological polar surface area (TPSA) is 35.2 Å². The predicted octanol–water partition coefficient (Wildman–Crippen LogP) is 2.42. The number of benzene rings is 1. The quantitative estimate of drug-likeness (QED) is 0.830. The fourth-order valence-electron chi connectivity index (χ4n) is 1.67. The third-order valence-electron chi connectivity index (χ3n) is 2.53. The Morgan fingerprint density at radius 1 is 1.47 bits per heavy atom. The number of methoxy groups -OCH3 is 1. The lowest BCUT2D eigenvalue weighted by atomic mass is 10.0. The van der Waals surface area contributed by atoms with Crippen LogP contribution in [0, 0.1) is 12.7 Å². The molecule has 0 aliphatic rings. The fourth-order valence-corrected chi connectivity index (χ4v) is 1.67. The summed E-state index contributed by atoms with van der Waals surface area (Å²) in [5, 5.41) is 0. The van der Waals surface area contributed by atoms with Gasteiger partial charge >= 0.3 is 0 Å². The van der Waals surface area contributed by atoms with Gasteiger partial charge in [-0.1, -0.05) is 6.92 Å². The van der Waals surface area contributed by atoms with Gasteiger partial charge in [-0.05, 0) is 43.0 Å². The van der Waals surface area contributed by atoms with Crippen LogP contribution in [0.1, 0.15) is 24.5 Å². The second-order valence-electron chi connectivity index (χ2n) is 3.79. The molecule has 1 aromatic rings. The smallest absolute Gasteiger partial charge is 0.125 e. The van der Waals surface area contributed by atoms with E-state index >= 15 is 0 Å². The molecular formula is C12H18FNO. The Morgan fingerprint density at radius 3 is 2.67 bits per heavy atom. The van der Waals surface area contributed by atoms with Gasteiger partial charge in [0.25, 0.3) is 0 Å². The molecule has 0 fully saturated rings. The van der Waals surface area contributed by atoms with Crippen molar-refractivity contribution in [2.75, 3.05) is 7.11 Å². The van der Waals surface area contributed by atoms with E-state index in [2.05, 4.69) is 0 Å². The van der Waals surface area contributed by atoms with E-state index in [4.69, 9.17) is 10.5 Å². The van der Waals surface area contributed by atoms with Crippen molar-refractivity contribution < 1.29 is 9.13 Å². The molecular weight excluding hydrogens is 193 g/mol. The van der Waals surface area contributed by atoms with Gasteiger partial charge in [0.05, 0.1) is 7.11 Å². The van der Waals surface area contributed by atoms with E-state index in [1.165, 1.54) is 12.1 Å². The minimum absolute atomic E-state index is 0.0556. The Kier molecular flexibility index (Phi) is 4.09. The van der Waals surface area contributed by atoms with Crippen molar-refractivity contribution in [3.63, 3.8) is 0 Å². The summed E-state index contributed by atoms with van der Waals surface area (Å²) in [7, 11) is 1.60. The zero-order valence-corrected chi connectivity index (χ0v) is 9.51. The van der Waals surface area contributed by atoms with Crippen LogP contribution in [-0.4, -0.2) is 13.2 Å². The summed E-state index contributed by atoms with van der Waals surface area (Å²) in [5.74, 6) is 0.520. The molecule has 0 aliphatic heterocycles. The van der Waals surface area contributed by atoms with Gasteiger partial charge in [0.1, 0.15) is 11.6 Å². The highest BCUT2D eigenvalue weighted by atomic mass is 19.1. The molecule has 1 rings (SSSR count). The van der Waals surface area contributed by atoms with Crippen molar-refractivity contribution >= 4 is 0 Å². The number of hydrogen-bond acceptors (Lipinski definition) is 2. The lowest BCUT2D eigenvalue weighted by Gasteiger charge is -2.14. The van der Waals surface area contributed by atoms with E-state index in [-0.39, 0.29) is 11.9 Å². The highest BCUT2D eigenvalue weighted by Crippen LogP contribution is 2.25. The molecule has 0 aliphatic carbocycles. The number of ether oxygens (including phenoxy) is 1. The number of hydrogen-bond donors (Lipinski definition) is 1. The average molecular weight is 211 g/mol. The third kappa shape index (κ3) is 2.93. The van der Waals surface area contributed by atoms with Crippen molar-refractivity contribution in [3.05, 3.63) is 29.1 Å². The second-order valence-corrected chi connectivity index (χ2v) is 3.79. The molecule has 0 heterocycles. The summed E-state index contributed by atoms with van der Waals surface area (Å²) in [6.45, 7) is 3.85. The molecule has 1 atom stereocenters. The Balaban J connectivity index is 3.03. The fraction of sp³-hybridized carbons (Fsp3) is 0.500. The van der Waals surface area contributed by atoms with Crippen LogP contribution in [0.15, 0.2) is 12.1 Å². The van der Waals surface area contributed by atoms with Crippen molar-refractivity contribution in [1.29, 1.82) is 0 Å². The summed E-state index contributed by atoms with van der Waals surface area (Å²) in [5.41, 5.74) is 7.52. The Hall–Kier alpha value is -1.09. The van der Waals surface area contributed by atoms with Crippen LogP contribution >= 0.6 is 0 Å². The van der Waals surface area contributed by atoms with E-state index in [0.29, 0.717) is 6.42 Å². The van der Waals surface area contributed by atoms with Crippen molar-refractivity contribution in [3.8, 4) is 5.75 Å². The first-order valence-corrected chi connectivity index (χ1v) is 5.17. The first-order chi connectivity index (χ1) is 7.08. The Bertz CT molecular complexity index is 339. The average Bonchev–Trinajstić information content (AvgIpc) is 2.17. The maximum absolute atomic E-state index is 13.2. The number of halogens is 1. The first kappa shape index (κ1) is 12.0. The zero-order valence-electron chi connectivity index (χ0n) is 9.51. The van der Waals surface area contributed by atoms with Gasteiger partial charge in [-0.15, -0.1) is 0 Å². The molecule has 3 heteroatoms. The van der Waals surface area contributed by atoms with Crippen LogP contribution in [0.4, 0.5) is 4.39 Å². The molecule has 0 spiro atoms. The molecule has 15 heavy (non-hydrogen) atoms. The molecule has 0 amide bonds. The molecule has 2 N–H and O–H groups in total. The molecule has 1 unspecified atom stereocenters. The van der Waals surface area contributed by atoms with Crippen molar-refractivity contribution in [1.82, 2.24) is 0 Å². The van der Waals surface area contributed by atoms with Crippen LogP contribution in [0.3, 0.4) is 0 Å². The lowest BCUT2D eigenvalue weighted by Crippen LogP contribution is -2.21.